The molecule has 0 bridgehead atoms. The standard InChI is InChI=1S/C14H21N5O2S/c1-10-7-12(17-13(15-10)22-2)19-8-11(9-19)16-14(20)18-3-5-21-6-4-18/h7,11H,3-6,8-9H2,1-2H3,(H,16,20). The molecule has 2 saturated heterocycles. The van der Waals surface area contributed by atoms with Crippen LogP contribution in [0.3, 0.4) is 0 Å². The van der Waals surface area contributed by atoms with Crippen molar-refractivity contribution in [3.05, 3.63) is 11.8 Å². The van der Waals surface area contributed by atoms with Crippen molar-refractivity contribution in [2.45, 2.75) is 18.1 Å². The number of rotatable bonds is 3. The third-order valence-electron chi connectivity index (χ3n) is 3.83. The average Bonchev–Trinajstić information content (AvgIpc) is 2.50. The van der Waals surface area contributed by atoms with Crippen LogP contribution in [-0.2, 0) is 4.74 Å². The van der Waals surface area contributed by atoms with Gasteiger partial charge in [0.15, 0.2) is 5.16 Å². The summed E-state index contributed by atoms with van der Waals surface area (Å²) in [6.45, 7) is 6.15. The van der Waals surface area contributed by atoms with Crippen LogP contribution in [0.25, 0.3) is 0 Å². The molecule has 1 aromatic heterocycles. The zero-order valence-corrected chi connectivity index (χ0v) is 13.7. The fourth-order valence-electron chi connectivity index (χ4n) is 2.57. The van der Waals surface area contributed by atoms with Crippen LogP contribution < -0.4 is 10.2 Å². The summed E-state index contributed by atoms with van der Waals surface area (Å²) < 4.78 is 5.26. The van der Waals surface area contributed by atoms with Crippen LogP contribution in [0.4, 0.5) is 10.6 Å². The molecule has 0 spiro atoms. The largest absolute Gasteiger partial charge is 0.378 e. The third-order valence-corrected chi connectivity index (χ3v) is 4.38. The number of thioether (sulfide) groups is 1. The SMILES string of the molecule is CSc1nc(C)cc(N2CC(NC(=O)N3CCOCC3)C2)n1. The van der Waals surface area contributed by atoms with E-state index in [0.29, 0.717) is 26.3 Å². The summed E-state index contributed by atoms with van der Waals surface area (Å²) in [6, 6.07) is 2.18. The Balaban J connectivity index is 1.51. The molecule has 1 aromatic rings. The average molecular weight is 323 g/mol. The number of urea groups is 1. The monoisotopic (exact) mass is 323 g/mol. The van der Waals surface area contributed by atoms with E-state index in [2.05, 4.69) is 20.2 Å². The first-order valence-corrected chi connectivity index (χ1v) is 8.66. The van der Waals surface area contributed by atoms with E-state index in [1.165, 1.54) is 0 Å². The van der Waals surface area contributed by atoms with Gasteiger partial charge in [-0.3, -0.25) is 0 Å². The lowest BCUT2D eigenvalue weighted by Crippen LogP contribution is -2.62. The van der Waals surface area contributed by atoms with Gasteiger partial charge in [-0.1, -0.05) is 11.8 Å². The molecular weight excluding hydrogens is 302 g/mol. The molecule has 2 fully saturated rings. The lowest BCUT2D eigenvalue weighted by atomic mass is 10.1. The molecule has 1 N–H and O–H groups in total. The normalized spacial score (nSPS) is 19.0. The van der Waals surface area contributed by atoms with Crippen molar-refractivity contribution in [1.29, 1.82) is 0 Å². The van der Waals surface area contributed by atoms with Crippen molar-refractivity contribution in [3.63, 3.8) is 0 Å². The first-order valence-electron chi connectivity index (χ1n) is 7.43. The summed E-state index contributed by atoms with van der Waals surface area (Å²) in [5.41, 5.74) is 0.968. The number of nitrogens with one attached hydrogen (secondary N) is 1. The fraction of sp³-hybridized carbons (Fsp3) is 0.643. The third kappa shape index (κ3) is 3.44. The zero-order valence-electron chi connectivity index (χ0n) is 12.9. The number of hydrogen-bond donors (Lipinski definition) is 1. The van der Waals surface area contributed by atoms with Crippen molar-refractivity contribution in [2.75, 3.05) is 50.5 Å². The van der Waals surface area contributed by atoms with Gasteiger partial charge in [-0.15, -0.1) is 0 Å². The minimum atomic E-state index is 0.0108. The molecule has 7 nitrogen and oxygen atoms in total. The number of carbonyl (C=O) groups excluding carboxylic acids is 1. The molecule has 0 saturated carbocycles. The van der Waals surface area contributed by atoms with E-state index in [1.54, 1.807) is 11.8 Å². The molecule has 0 aromatic carbocycles. The zero-order chi connectivity index (χ0) is 15.5. The molecule has 8 heteroatoms. The molecule has 2 aliphatic rings. The first-order chi connectivity index (χ1) is 10.7. The fourth-order valence-corrected chi connectivity index (χ4v) is 2.99. The maximum absolute atomic E-state index is 12.1. The van der Waals surface area contributed by atoms with E-state index in [1.807, 2.05) is 24.1 Å². The topological polar surface area (TPSA) is 70.6 Å². The van der Waals surface area contributed by atoms with Gasteiger partial charge in [-0.2, -0.15) is 0 Å². The van der Waals surface area contributed by atoms with Gasteiger partial charge in [0.05, 0.1) is 19.3 Å². The molecule has 0 radical (unpaired) electrons. The van der Waals surface area contributed by atoms with Gasteiger partial charge in [0, 0.05) is 37.9 Å². The van der Waals surface area contributed by atoms with Gasteiger partial charge in [-0.25, -0.2) is 14.8 Å². The lowest BCUT2D eigenvalue weighted by Gasteiger charge is -2.41. The molecule has 2 amide bonds. The van der Waals surface area contributed by atoms with E-state index in [4.69, 9.17) is 4.74 Å². The molecule has 2 aliphatic heterocycles. The molecule has 3 heterocycles. The molecule has 0 unspecified atom stereocenters. The van der Waals surface area contributed by atoms with Crippen LogP contribution in [0.5, 0.6) is 0 Å². The predicted molar refractivity (Wildman–Crippen MR) is 85.5 cm³/mol. The highest BCUT2D eigenvalue weighted by atomic mass is 32.2. The van der Waals surface area contributed by atoms with E-state index in [0.717, 1.165) is 29.8 Å². The van der Waals surface area contributed by atoms with Gasteiger partial charge in [0.25, 0.3) is 0 Å². The maximum atomic E-state index is 12.1. The van der Waals surface area contributed by atoms with Crippen molar-refractivity contribution in [2.24, 2.45) is 0 Å². The summed E-state index contributed by atoms with van der Waals surface area (Å²) in [4.78, 5) is 25.0. The number of ether oxygens (including phenoxy) is 1. The summed E-state index contributed by atoms with van der Waals surface area (Å²) in [6.07, 6.45) is 1.97. The number of aromatic nitrogens is 2. The second-order valence-electron chi connectivity index (χ2n) is 5.51. The van der Waals surface area contributed by atoms with Gasteiger partial charge in [-0.05, 0) is 13.2 Å². The number of hydrogen-bond acceptors (Lipinski definition) is 6. The Bertz CT molecular complexity index is 544. The number of morpholine rings is 1. The summed E-state index contributed by atoms with van der Waals surface area (Å²) >= 11 is 1.54. The second-order valence-corrected chi connectivity index (χ2v) is 6.28. The Morgan fingerprint density at radius 1 is 1.36 bits per heavy atom. The molecule has 0 aliphatic carbocycles. The second kappa shape index (κ2) is 6.70. The van der Waals surface area contributed by atoms with E-state index in [9.17, 15) is 4.79 Å². The van der Waals surface area contributed by atoms with Gasteiger partial charge >= 0.3 is 6.03 Å². The highest BCUT2D eigenvalue weighted by Crippen LogP contribution is 2.22. The minimum Gasteiger partial charge on any atom is -0.378 e. The van der Waals surface area contributed by atoms with Crippen molar-refractivity contribution < 1.29 is 9.53 Å². The Hall–Kier alpha value is -1.54. The quantitative estimate of drug-likeness (QED) is 0.653. The highest BCUT2D eigenvalue weighted by molar-refractivity contribution is 7.98. The summed E-state index contributed by atoms with van der Waals surface area (Å²) in [5.74, 6) is 0.939. The lowest BCUT2D eigenvalue weighted by molar-refractivity contribution is 0.0522. The maximum Gasteiger partial charge on any atom is 0.317 e. The summed E-state index contributed by atoms with van der Waals surface area (Å²) in [5, 5.41) is 3.86. The van der Waals surface area contributed by atoms with Crippen LogP contribution >= 0.6 is 11.8 Å². The van der Waals surface area contributed by atoms with Crippen LogP contribution in [0.1, 0.15) is 5.69 Å². The Kier molecular flexibility index (Phi) is 4.68. The molecule has 3 rings (SSSR count). The molecule has 0 atom stereocenters. The van der Waals surface area contributed by atoms with E-state index >= 15 is 0 Å². The number of aryl methyl sites for hydroxylation is 1. The number of nitrogens with zero attached hydrogens (tertiary/aromatic N) is 4. The van der Waals surface area contributed by atoms with Crippen molar-refractivity contribution in [1.82, 2.24) is 20.2 Å². The predicted octanol–water partition coefficient (Wildman–Crippen LogP) is 0.737. The number of amides is 2. The van der Waals surface area contributed by atoms with Crippen LogP contribution in [0, 0.1) is 6.92 Å². The Morgan fingerprint density at radius 2 is 2.09 bits per heavy atom. The van der Waals surface area contributed by atoms with Gasteiger partial charge in [0.2, 0.25) is 0 Å². The van der Waals surface area contributed by atoms with Gasteiger partial charge in [0.1, 0.15) is 5.82 Å². The number of anilines is 1. The van der Waals surface area contributed by atoms with Crippen molar-refractivity contribution >= 4 is 23.6 Å². The van der Waals surface area contributed by atoms with Crippen LogP contribution in [-0.4, -0.2) is 72.6 Å². The Morgan fingerprint density at radius 3 is 2.77 bits per heavy atom. The van der Waals surface area contributed by atoms with E-state index < -0.39 is 0 Å². The smallest absolute Gasteiger partial charge is 0.317 e. The van der Waals surface area contributed by atoms with Crippen LogP contribution in [0.15, 0.2) is 11.2 Å². The van der Waals surface area contributed by atoms with Crippen molar-refractivity contribution in [3.8, 4) is 0 Å². The minimum absolute atomic E-state index is 0.0108. The van der Waals surface area contributed by atoms with Crippen LogP contribution in [0.2, 0.25) is 0 Å². The number of carbonyl (C=O) groups is 1. The van der Waals surface area contributed by atoms with E-state index in [-0.39, 0.29) is 12.1 Å². The molecular formula is C14H21N5O2S. The van der Waals surface area contributed by atoms with Gasteiger partial charge < -0.3 is 19.9 Å². The first kappa shape index (κ1) is 15.4. The molecule has 120 valence electrons. The highest BCUT2D eigenvalue weighted by Gasteiger charge is 2.31. The summed E-state index contributed by atoms with van der Waals surface area (Å²) in [7, 11) is 0. The molecule has 22 heavy (non-hydrogen) atoms. The Labute approximate surface area is 134 Å².